The first-order valence-corrected chi connectivity index (χ1v) is 5.11. The number of hydrogen-bond donors (Lipinski definition) is 2. The van der Waals surface area contributed by atoms with Gasteiger partial charge in [0.25, 0.3) is 0 Å². The van der Waals surface area contributed by atoms with Crippen molar-refractivity contribution in [3.05, 3.63) is 0 Å². The van der Waals surface area contributed by atoms with E-state index in [0.29, 0.717) is 0 Å². The van der Waals surface area contributed by atoms with Crippen LogP contribution in [0.5, 0.6) is 0 Å². The van der Waals surface area contributed by atoms with E-state index in [1.807, 2.05) is 0 Å². The van der Waals surface area contributed by atoms with Crippen LogP contribution in [0.4, 0.5) is 0 Å². The van der Waals surface area contributed by atoms with Crippen molar-refractivity contribution in [1.29, 1.82) is 0 Å². The van der Waals surface area contributed by atoms with Crippen molar-refractivity contribution in [2.75, 3.05) is 7.11 Å². The van der Waals surface area contributed by atoms with Gasteiger partial charge in [0, 0.05) is 7.11 Å². The first-order valence-electron chi connectivity index (χ1n) is 5.11. The van der Waals surface area contributed by atoms with E-state index in [-0.39, 0.29) is 0 Å². The van der Waals surface area contributed by atoms with Gasteiger partial charge in [-0.3, -0.25) is 0 Å². The molecule has 0 spiro atoms. The van der Waals surface area contributed by atoms with Crippen LogP contribution in [-0.2, 0) is 4.74 Å². The zero-order chi connectivity index (χ0) is 10.1. The van der Waals surface area contributed by atoms with E-state index < -0.39 is 12.4 Å². The van der Waals surface area contributed by atoms with Crippen LogP contribution in [-0.4, -0.2) is 29.7 Å². The summed E-state index contributed by atoms with van der Waals surface area (Å²) in [5.74, 6) is 0. The van der Waals surface area contributed by atoms with Crippen LogP contribution < -0.4 is 0 Å². The molecule has 0 aromatic heterocycles. The van der Waals surface area contributed by atoms with Crippen molar-refractivity contribution in [2.24, 2.45) is 0 Å². The Labute approximate surface area is 80.7 Å². The molecule has 0 rings (SSSR count). The van der Waals surface area contributed by atoms with Gasteiger partial charge < -0.3 is 14.9 Å². The van der Waals surface area contributed by atoms with E-state index >= 15 is 0 Å². The number of aliphatic hydroxyl groups is 2. The Morgan fingerprint density at radius 1 is 1.08 bits per heavy atom. The molecule has 0 heterocycles. The van der Waals surface area contributed by atoms with Crippen molar-refractivity contribution in [3.63, 3.8) is 0 Å². The first kappa shape index (κ1) is 12.9. The molecule has 3 nitrogen and oxygen atoms in total. The molecule has 0 aromatic carbocycles. The van der Waals surface area contributed by atoms with E-state index in [4.69, 9.17) is 14.9 Å². The maximum Gasteiger partial charge on any atom is 0.178 e. The van der Waals surface area contributed by atoms with Gasteiger partial charge in [0.2, 0.25) is 0 Å². The standard InChI is InChI=1S/C10H22O3/c1-3-4-5-6-7-8-9(13-2)10(11)12/h9-12H,3-8H2,1-2H3. The summed E-state index contributed by atoms with van der Waals surface area (Å²) in [6.07, 6.45) is 4.87. The summed E-state index contributed by atoms with van der Waals surface area (Å²) in [6, 6.07) is 0. The monoisotopic (exact) mass is 190 g/mol. The Kier molecular flexibility index (Phi) is 8.40. The summed E-state index contributed by atoms with van der Waals surface area (Å²) < 4.78 is 4.92. The van der Waals surface area contributed by atoms with Gasteiger partial charge in [0.05, 0.1) is 0 Å². The fourth-order valence-electron chi connectivity index (χ4n) is 1.34. The van der Waals surface area contributed by atoms with Gasteiger partial charge in [-0.1, -0.05) is 39.0 Å². The summed E-state index contributed by atoms with van der Waals surface area (Å²) in [5.41, 5.74) is 0. The van der Waals surface area contributed by atoms with Crippen molar-refractivity contribution < 1.29 is 14.9 Å². The molecule has 0 aliphatic carbocycles. The Balaban J connectivity index is 3.28. The highest BCUT2D eigenvalue weighted by Crippen LogP contribution is 2.10. The molecule has 1 atom stereocenters. The first-order chi connectivity index (χ1) is 6.22. The number of unbranched alkanes of at least 4 members (excludes halogenated alkanes) is 4. The molecule has 3 heteroatoms. The van der Waals surface area contributed by atoms with E-state index in [1.54, 1.807) is 0 Å². The van der Waals surface area contributed by atoms with E-state index in [0.717, 1.165) is 19.3 Å². The molecular weight excluding hydrogens is 168 g/mol. The third kappa shape index (κ3) is 6.99. The average molecular weight is 190 g/mol. The van der Waals surface area contributed by atoms with Gasteiger partial charge in [-0.2, -0.15) is 0 Å². The summed E-state index contributed by atoms with van der Waals surface area (Å²) in [4.78, 5) is 0. The van der Waals surface area contributed by atoms with Gasteiger partial charge in [0.1, 0.15) is 6.10 Å². The minimum Gasteiger partial charge on any atom is -0.376 e. The molecule has 0 radical (unpaired) electrons. The Bertz CT molecular complexity index is 104. The number of ether oxygens (including phenoxy) is 1. The minimum atomic E-state index is -1.34. The third-order valence-corrected chi connectivity index (χ3v) is 2.23. The third-order valence-electron chi connectivity index (χ3n) is 2.23. The van der Waals surface area contributed by atoms with Crippen LogP contribution >= 0.6 is 0 Å². The van der Waals surface area contributed by atoms with Crippen molar-refractivity contribution in [2.45, 2.75) is 57.8 Å². The van der Waals surface area contributed by atoms with Crippen LogP contribution in [0.2, 0.25) is 0 Å². The molecule has 0 aliphatic rings. The van der Waals surface area contributed by atoms with Crippen LogP contribution in [0.1, 0.15) is 45.4 Å². The maximum absolute atomic E-state index is 8.85. The molecule has 0 saturated heterocycles. The van der Waals surface area contributed by atoms with Crippen molar-refractivity contribution in [3.8, 4) is 0 Å². The lowest BCUT2D eigenvalue weighted by Crippen LogP contribution is -2.27. The van der Waals surface area contributed by atoms with Crippen LogP contribution in [0.3, 0.4) is 0 Å². The molecule has 0 amide bonds. The Hall–Kier alpha value is -0.120. The van der Waals surface area contributed by atoms with Gasteiger partial charge in [0.15, 0.2) is 6.29 Å². The largest absolute Gasteiger partial charge is 0.376 e. The fourth-order valence-corrected chi connectivity index (χ4v) is 1.34. The molecule has 0 aromatic rings. The number of hydrogen-bond acceptors (Lipinski definition) is 3. The Morgan fingerprint density at radius 3 is 2.15 bits per heavy atom. The lowest BCUT2D eigenvalue weighted by atomic mass is 10.1. The quantitative estimate of drug-likeness (QED) is 0.452. The molecule has 0 fully saturated rings. The van der Waals surface area contributed by atoms with Crippen molar-refractivity contribution >= 4 is 0 Å². The highest BCUT2D eigenvalue weighted by Gasteiger charge is 2.14. The number of methoxy groups -OCH3 is 1. The van der Waals surface area contributed by atoms with E-state index in [1.165, 1.54) is 26.4 Å². The second kappa shape index (κ2) is 8.48. The fraction of sp³-hybridized carbons (Fsp3) is 1.00. The zero-order valence-corrected chi connectivity index (χ0v) is 8.70. The second-order valence-corrected chi connectivity index (χ2v) is 3.39. The molecular formula is C10H22O3. The summed E-state index contributed by atoms with van der Waals surface area (Å²) >= 11 is 0. The lowest BCUT2D eigenvalue weighted by Gasteiger charge is -2.16. The van der Waals surface area contributed by atoms with Gasteiger partial charge in [-0.15, -0.1) is 0 Å². The molecule has 0 saturated carbocycles. The van der Waals surface area contributed by atoms with Gasteiger partial charge >= 0.3 is 0 Å². The molecule has 80 valence electrons. The maximum atomic E-state index is 8.85. The molecule has 13 heavy (non-hydrogen) atoms. The van der Waals surface area contributed by atoms with Crippen LogP contribution in [0.25, 0.3) is 0 Å². The zero-order valence-electron chi connectivity index (χ0n) is 8.70. The highest BCUT2D eigenvalue weighted by molar-refractivity contribution is 4.59. The molecule has 0 aliphatic heterocycles. The average Bonchev–Trinajstić information content (AvgIpc) is 2.10. The van der Waals surface area contributed by atoms with Gasteiger partial charge in [-0.25, -0.2) is 0 Å². The number of rotatable bonds is 8. The molecule has 2 N–H and O–H groups in total. The molecule has 0 bridgehead atoms. The topological polar surface area (TPSA) is 49.7 Å². The van der Waals surface area contributed by atoms with Crippen LogP contribution in [0, 0.1) is 0 Å². The minimum absolute atomic E-state index is 0.415. The van der Waals surface area contributed by atoms with E-state index in [9.17, 15) is 0 Å². The number of aliphatic hydroxyl groups excluding tert-OH is 1. The second-order valence-electron chi connectivity index (χ2n) is 3.39. The summed E-state index contributed by atoms with van der Waals surface area (Å²) in [6.45, 7) is 2.18. The van der Waals surface area contributed by atoms with Crippen LogP contribution in [0.15, 0.2) is 0 Å². The lowest BCUT2D eigenvalue weighted by molar-refractivity contribution is -0.136. The predicted octanol–water partition coefficient (Wildman–Crippen LogP) is 1.67. The molecule has 1 unspecified atom stereocenters. The van der Waals surface area contributed by atoms with Gasteiger partial charge in [-0.05, 0) is 6.42 Å². The normalized spacial score (nSPS) is 13.6. The van der Waals surface area contributed by atoms with Crippen molar-refractivity contribution in [1.82, 2.24) is 0 Å². The smallest absolute Gasteiger partial charge is 0.178 e. The SMILES string of the molecule is CCCCCCCC(OC)C(O)O. The predicted molar refractivity (Wildman–Crippen MR) is 52.4 cm³/mol. The highest BCUT2D eigenvalue weighted by atomic mass is 16.5. The van der Waals surface area contributed by atoms with E-state index in [2.05, 4.69) is 6.92 Å². The Morgan fingerprint density at radius 2 is 1.69 bits per heavy atom. The summed E-state index contributed by atoms with van der Waals surface area (Å²) in [5, 5.41) is 17.7. The summed E-state index contributed by atoms with van der Waals surface area (Å²) in [7, 11) is 1.51.